The Balaban J connectivity index is 1.51. The van der Waals surface area contributed by atoms with Crippen molar-refractivity contribution in [3.05, 3.63) is 56.0 Å². The number of hydrogen-bond acceptors (Lipinski definition) is 4. The van der Waals surface area contributed by atoms with Gasteiger partial charge in [-0.15, -0.1) is 11.3 Å². The van der Waals surface area contributed by atoms with E-state index in [0.29, 0.717) is 36.8 Å². The topological polar surface area (TPSA) is 57.7 Å². The molecule has 29 heavy (non-hydrogen) atoms. The van der Waals surface area contributed by atoms with E-state index in [9.17, 15) is 18.8 Å². The molecular formula is C21H22ClFN2O3S. The highest BCUT2D eigenvalue weighted by Gasteiger charge is 2.26. The average molecular weight is 437 g/mol. The van der Waals surface area contributed by atoms with Crippen LogP contribution >= 0.6 is 22.9 Å². The number of aryl methyl sites for hydroxylation is 2. The Morgan fingerprint density at radius 3 is 2.28 bits per heavy atom. The van der Waals surface area contributed by atoms with Gasteiger partial charge in [0.05, 0.1) is 5.56 Å². The van der Waals surface area contributed by atoms with Gasteiger partial charge in [0.1, 0.15) is 5.82 Å². The highest BCUT2D eigenvalue weighted by atomic mass is 35.5. The second-order valence-corrected chi connectivity index (χ2v) is 8.94. The van der Waals surface area contributed by atoms with Crippen molar-refractivity contribution in [1.82, 2.24) is 9.80 Å². The maximum atomic E-state index is 13.9. The molecule has 0 aliphatic carbocycles. The van der Waals surface area contributed by atoms with E-state index < -0.39 is 11.7 Å². The largest absolute Gasteiger partial charge is 0.339 e. The Kier molecular flexibility index (Phi) is 6.70. The van der Waals surface area contributed by atoms with Gasteiger partial charge in [-0.05, 0) is 38.1 Å². The number of carbonyl (C=O) groups excluding carboxylic acids is 3. The molecule has 1 saturated heterocycles. The van der Waals surface area contributed by atoms with Gasteiger partial charge in [-0.2, -0.15) is 0 Å². The molecule has 0 atom stereocenters. The zero-order valence-electron chi connectivity index (χ0n) is 16.3. The molecule has 0 radical (unpaired) electrons. The van der Waals surface area contributed by atoms with E-state index >= 15 is 0 Å². The molecule has 0 spiro atoms. The van der Waals surface area contributed by atoms with Gasteiger partial charge in [0.2, 0.25) is 5.91 Å². The summed E-state index contributed by atoms with van der Waals surface area (Å²) < 4.78 is 13.9. The molecule has 1 aliphatic rings. The van der Waals surface area contributed by atoms with Gasteiger partial charge in [-0.1, -0.05) is 11.6 Å². The maximum Gasteiger partial charge on any atom is 0.257 e. The second kappa shape index (κ2) is 9.05. The van der Waals surface area contributed by atoms with Crippen molar-refractivity contribution in [1.29, 1.82) is 0 Å². The third kappa shape index (κ3) is 5.03. The summed E-state index contributed by atoms with van der Waals surface area (Å²) in [7, 11) is 0. The van der Waals surface area contributed by atoms with Gasteiger partial charge in [0.15, 0.2) is 5.78 Å². The minimum atomic E-state index is -0.615. The molecule has 1 aliphatic heterocycles. The van der Waals surface area contributed by atoms with Crippen molar-refractivity contribution in [3.63, 3.8) is 0 Å². The lowest BCUT2D eigenvalue weighted by molar-refractivity contribution is -0.132. The maximum absolute atomic E-state index is 13.9. The summed E-state index contributed by atoms with van der Waals surface area (Å²) >= 11 is 7.44. The number of halogens is 2. The summed E-state index contributed by atoms with van der Waals surface area (Å²) in [6, 6.07) is 5.75. The molecule has 1 aromatic carbocycles. The highest BCUT2D eigenvalue weighted by Crippen LogP contribution is 2.23. The monoisotopic (exact) mass is 436 g/mol. The van der Waals surface area contributed by atoms with Gasteiger partial charge >= 0.3 is 0 Å². The number of amides is 2. The molecule has 1 aromatic heterocycles. The van der Waals surface area contributed by atoms with Crippen molar-refractivity contribution in [3.8, 4) is 0 Å². The quantitative estimate of drug-likeness (QED) is 0.663. The fraction of sp³-hybridized carbons (Fsp3) is 0.381. The summed E-state index contributed by atoms with van der Waals surface area (Å²) in [5.74, 6) is -1.18. The van der Waals surface area contributed by atoms with Crippen LogP contribution in [0.15, 0.2) is 24.3 Å². The normalized spacial score (nSPS) is 14.2. The highest BCUT2D eigenvalue weighted by molar-refractivity contribution is 7.12. The first-order valence-electron chi connectivity index (χ1n) is 9.38. The van der Waals surface area contributed by atoms with Gasteiger partial charge in [0, 0.05) is 59.4 Å². The number of ketones is 1. The minimum Gasteiger partial charge on any atom is -0.339 e. The first-order chi connectivity index (χ1) is 13.8. The molecule has 0 saturated carbocycles. The third-order valence-corrected chi connectivity index (χ3v) is 6.19. The van der Waals surface area contributed by atoms with Gasteiger partial charge in [-0.25, -0.2) is 4.39 Å². The summed E-state index contributed by atoms with van der Waals surface area (Å²) in [5.41, 5.74) is 0.628. The van der Waals surface area contributed by atoms with Crippen molar-refractivity contribution in [2.45, 2.75) is 26.7 Å². The molecule has 154 valence electrons. The summed E-state index contributed by atoms with van der Waals surface area (Å²) in [6.07, 6.45) is 0.312. The summed E-state index contributed by atoms with van der Waals surface area (Å²) in [4.78, 5) is 42.6. The van der Waals surface area contributed by atoms with Crippen molar-refractivity contribution >= 4 is 40.5 Å². The Morgan fingerprint density at radius 2 is 1.66 bits per heavy atom. The minimum absolute atomic E-state index is 0.0227. The van der Waals surface area contributed by atoms with E-state index in [0.717, 1.165) is 9.75 Å². The molecular weight excluding hydrogens is 415 g/mol. The van der Waals surface area contributed by atoms with E-state index in [1.807, 2.05) is 19.9 Å². The third-order valence-electron chi connectivity index (χ3n) is 4.99. The fourth-order valence-electron chi connectivity index (χ4n) is 3.41. The molecule has 0 bridgehead atoms. The zero-order valence-corrected chi connectivity index (χ0v) is 17.9. The molecule has 3 rings (SSSR count). The molecule has 2 aromatic rings. The predicted octanol–water partition coefficient (Wildman–Crippen LogP) is 4.10. The summed E-state index contributed by atoms with van der Waals surface area (Å²) in [6.45, 7) is 5.21. The number of rotatable bonds is 5. The fourth-order valence-corrected chi connectivity index (χ4v) is 4.53. The molecule has 5 nitrogen and oxygen atoms in total. The number of Topliss-reactive ketones (excluding diaryl/α,β-unsaturated/α-hetero) is 1. The lowest BCUT2D eigenvalue weighted by atomic mass is 10.1. The van der Waals surface area contributed by atoms with Crippen LogP contribution in [0.5, 0.6) is 0 Å². The van der Waals surface area contributed by atoms with Gasteiger partial charge < -0.3 is 9.80 Å². The first kappa shape index (κ1) is 21.5. The number of thiophene rings is 1. The Hall–Kier alpha value is -2.25. The zero-order chi connectivity index (χ0) is 21.1. The van der Waals surface area contributed by atoms with Crippen molar-refractivity contribution in [2.24, 2.45) is 0 Å². The van der Waals surface area contributed by atoms with Gasteiger partial charge in [-0.3, -0.25) is 14.4 Å². The van der Waals surface area contributed by atoms with Crippen molar-refractivity contribution in [2.75, 3.05) is 26.2 Å². The van der Waals surface area contributed by atoms with Crippen LogP contribution < -0.4 is 0 Å². The lowest BCUT2D eigenvalue weighted by Gasteiger charge is -2.35. The van der Waals surface area contributed by atoms with Crippen molar-refractivity contribution < 1.29 is 18.8 Å². The molecule has 2 heterocycles. The molecule has 0 N–H and O–H groups in total. The van der Waals surface area contributed by atoms with E-state index in [-0.39, 0.29) is 30.1 Å². The average Bonchev–Trinajstić information content (AvgIpc) is 3.05. The van der Waals surface area contributed by atoms with Crippen LogP contribution in [0.1, 0.15) is 43.3 Å². The van der Waals surface area contributed by atoms with Crippen LogP contribution in [0.25, 0.3) is 0 Å². The van der Waals surface area contributed by atoms with E-state index in [1.54, 1.807) is 16.2 Å². The number of benzene rings is 1. The number of hydrogen-bond donors (Lipinski definition) is 0. The van der Waals surface area contributed by atoms with Crippen LogP contribution in [-0.4, -0.2) is 53.6 Å². The molecule has 8 heteroatoms. The summed E-state index contributed by atoms with van der Waals surface area (Å²) in [5, 5.41) is 0.296. The van der Waals surface area contributed by atoms with Crippen LogP contribution in [0.2, 0.25) is 5.02 Å². The van der Waals surface area contributed by atoms with Crippen LogP contribution in [0, 0.1) is 19.7 Å². The standard InChI is InChI=1S/C21H22ClFN2O3S/c1-13-11-16(14(2)29-13)19(26)5-6-20(27)24-7-9-25(10-8-24)21(28)17-12-15(22)3-4-18(17)23/h3-4,11-12H,5-10H2,1-2H3. The van der Waals surface area contributed by atoms with Crippen LogP contribution in [0.4, 0.5) is 4.39 Å². The van der Waals surface area contributed by atoms with Crippen LogP contribution in [-0.2, 0) is 4.79 Å². The van der Waals surface area contributed by atoms with E-state index in [2.05, 4.69) is 0 Å². The first-order valence-corrected chi connectivity index (χ1v) is 10.6. The smallest absolute Gasteiger partial charge is 0.257 e. The number of carbonyl (C=O) groups is 3. The molecule has 1 fully saturated rings. The van der Waals surface area contributed by atoms with E-state index in [1.165, 1.54) is 23.1 Å². The SMILES string of the molecule is Cc1cc(C(=O)CCC(=O)N2CCN(C(=O)c3cc(Cl)ccc3F)CC2)c(C)s1. The second-order valence-electron chi connectivity index (χ2n) is 7.05. The predicted molar refractivity (Wildman–Crippen MR) is 111 cm³/mol. The Labute approximate surface area is 178 Å². The Morgan fingerprint density at radius 1 is 1.00 bits per heavy atom. The number of piperazine rings is 1. The molecule has 2 amide bonds. The van der Waals surface area contributed by atoms with E-state index in [4.69, 9.17) is 11.6 Å². The molecule has 0 unspecified atom stereocenters. The van der Waals surface area contributed by atoms with Crippen LogP contribution in [0.3, 0.4) is 0 Å². The lowest BCUT2D eigenvalue weighted by Crippen LogP contribution is -2.50. The Bertz CT molecular complexity index is 951. The van der Waals surface area contributed by atoms with Gasteiger partial charge in [0.25, 0.3) is 5.91 Å². The number of nitrogens with zero attached hydrogens (tertiary/aromatic N) is 2.